The second kappa shape index (κ2) is 2.09. The third kappa shape index (κ3) is 0.668. The number of carbonyl (C=O) groups is 1. The van der Waals surface area contributed by atoms with E-state index in [0.29, 0.717) is 5.69 Å². The van der Waals surface area contributed by atoms with Gasteiger partial charge in [0, 0.05) is 12.6 Å². The first-order chi connectivity index (χ1) is 5.63. The van der Waals surface area contributed by atoms with Gasteiger partial charge in [-0.05, 0) is 13.8 Å². The van der Waals surface area contributed by atoms with Gasteiger partial charge in [0.1, 0.15) is 5.69 Å². The second-order valence-electron chi connectivity index (χ2n) is 3.19. The Labute approximate surface area is 70.6 Å². The molecule has 0 bridgehead atoms. The standard InChI is InChI=1S/C8H11N3O/c1-4-6-5(2)11(3)8(12)7(6)10-9-4/h5H,1-3H3,(H,9,10). The van der Waals surface area contributed by atoms with Crippen molar-refractivity contribution in [3.8, 4) is 0 Å². The van der Waals surface area contributed by atoms with Crippen LogP contribution in [0.4, 0.5) is 0 Å². The predicted molar refractivity (Wildman–Crippen MR) is 43.8 cm³/mol. The molecule has 0 saturated heterocycles. The molecule has 1 aliphatic heterocycles. The van der Waals surface area contributed by atoms with Gasteiger partial charge in [-0.1, -0.05) is 0 Å². The maximum absolute atomic E-state index is 11.5. The summed E-state index contributed by atoms with van der Waals surface area (Å²) < 4.78 is 0. The molecule has 0 spiro atoms. The van der Waals surface area contributed by atoms with Crippen molar-refractivity contribution in [1.29, 1.82) is 0 Å². The molecule has 1 aromatic heterocycles. The monoisotopic (exact) mass is 165 g/mol. The Morgan fingerprint density at radius 1 is 1.58 bits per heavy atom. The van der Waals surface area contributed by atoms with Crippen molar-refractivity contribution in [3.63, 3.8) is 0 Å². The highest BCUT2D eigenvalue weighted by atomic mass is 16.2. The summed E-state index contributed by atoms with van der Waals surface area (Å²) in [5.74, 6) is 0.0399. The van der Waals surface area contributed by atoms with E-state index in [1.165, 1.54) is 0 Å². The number of nitrogens with one attached hydrogen (secondary N) is 1. The predicted octanol–water partition coefficient (Wildman–Crippen LogP) is 0.865. The van der Waals surface area contributed by atoms with Gasteiger partial charge in [0.15, 0.2) is 0 Å². The normalized spacial score (nSPS) is 21.8. The van der Waals surface area contributed by atoms with Crippen LogP contribution in [0.1, 0.15) is 34.7 Å². The average Bonchev–Trinajstić information content (AvgIpc) is 2.51. The summed E-state index contributed by atoms with van der Waals surface area (Å²) in [7, 11) is 1.81. The molecule has 1 amide bonds. The van der Waals surface area contributed by atoms with Crippen LogP contribution < -0.4 is 0 Å². The van der Waals surface area contributed by atoms with Crippen LogP contribution in [0.2, 0.25) is 0 Å². The van der Waals surface area contributed by atoms with E-state index in [1.807, 2.05) is 13.8 Å². The number of amides is 1. The van der Waals surface area contributed by atoms with Gasteiger partial charge in [0.25, 0.3) is 5.91 Å². The molecule has 4 heteroatoms. The lowest BCUT2D eigenvalue weighted by molar-refractivity contribution is 0.0778. The van der Waals surface area contributed by atoms with Crippen molar-refractivity contribution in [1.82, 2.24) is 15.1 Å². The molecule has 0 fully saturated rings. The number of carbonyl (C=O) groups excluding carboxylic acids is 1. The largest absolute Gasteiger partial charge is 0.333 e. The molecule has 0 radical (unpaired) electrons. The Hall–Kier alpha value is -1.32. The van der Waals surface area contributed by atoms with E-state index < -0.39 is 0 Å². The lowest BCUT2D eigenvalue weighted by Gasteiger charge is -2.15. The van der Waals surface area contributed by atoms with Gasteiger partial charge >= 0.3 is 0 Å². The number of aryl methyl sites for hydroxylation is 1. The number of rotatable bonds is 0. The van der Waals surface area contributed by atoms with Crippen LogP contribution in [0, 0.1) is 6.92 Å². The number of fused-ring (bicyclic) bond motifs is 1. The molecular weight excluding hydrogens is 154 g/mol. The zero-order chi connectivity index (χ0) is 8.88. The molecule has 1 atom stereocenters. The van der Waals surface area contributed by atoms with Crippen LogP contribution in [-0.2, 0) is 0 Å². The molecule has 2 rings (SSSR count). The Kier molecular flexibility index (Phi) is 1.28. The topological polar surface area (TPSA) is 49.0 Å². The zero-order valence-corrected chi connectivity index (χ0v) is 7.38. The lowest BCUT2D eigenvalue weighted by atomic mass is 10.1. The van der Waals surface area contributed by atoms with Crippen LogP contribution in [0.5, 0.6) is 0 Å². The quantitative estimate of drug-likeness (QED) is 0.620. The lowest BCUT2D eigenvalue weighted by Crippen LogP contribution is -2.22. The van der Waals surface area contributed by atoms with Crippen molar-refractivity contribution >= 4 is 5.91 Å². The Balaban J connectivity index is 2.61. The number of aromatic amines is 1. The van der Waals surface area contributed by atoms with Crippen LogP contribution in [0.15, 0.2) is 0 Å². The minimum Gasteiger partial charge on any atom is -0.333 e. The molecule has 4 nitrogen and oxygen atoms in total. The number of aromatic nitrogens is 2. The summed E-state index contributed by atoms with van der Waals surface area (Å²) in [5, 5.41) is 6.76. The summed E-state index contributed by atoms with van der Waals surface area (Å²) in [4.78, 5) is 13.2. The molecule has 0 aliphatic carbocycles. The highest BCUT2D eigenvalue weighted by molar-refractivity contribution is 5.97. The van der Waals surface area contributed by atoms with E-state index in [9.17, 15) is 4.79 Å². The van der Waals surface area contributed by atoms with Gasteiger partial charge in [-0.3, -0.25) is 9.89 Å². The SMILES string of the molecule is Cc1n[nH]c2c1C(C)N(C)C2=O. The van der Waals surface area contributed by atoms with Crippen LogP contribution in [0.3, 0.4) is 0 Å². The zero-order valence-electron chi connectivity index (χ0n) is 7.38. The van der Waals surface area contributed by atoms with Crippen LogP contribution in [0.25, 0.3) is 0 Å². The van der Waals surface area contributed by atoms with E-state index >= 15 is 0 Å². The molecule has 1 aliphatic rings. The highest BCUT2D eigenvalue weighted by Crippen LogP contribution is 2.32. The fraction of sp³-hybridized carbons (Fsp3) is 0.500. The minimum absolute atomic E-state index is 0.0399. The van der Waals surface area contributed by atoms with Crippen molar-refractivity contribution in [2.24, 2.45) is 0 Å². The van der Waals surface area contributed by atoms with Crippen molar-refractivity contribution in [3.05, 3.63) is 17.0 Å². The van der Waals surface area contributed by atoms with Gasteiger partial charge in [-0.2, -0.15) is 5.10 Å². The molecule has 1 aromatic rings. The van der Waals surface area contributed by atoms with E-state index in [-0.39, 0.29) is 11.9 Å². The number of hydrogen-bond donors (Lipinski definition) is 1. The van der Waals surface area contributed by atoms with Crippen LogP contribution in [-0.4, -0.2) is 28.1 Å². The summed E-state index contributed by atoms with van der Waals surface area (Å²) in [5.41, 5.74) is 2.63. The van der Waals surface area contributed by atoms with Crippen molar-refractivity contribution < 1.29 is 4.79 Å². The van der Waals surface area contributed by atoms with Crippen molar-refractivity contribution in [2.45, 2.75) is 19.9 Å². The Morgan fingerprint density at radius 3 is 2.83 bits per heavy atom. The Morgan fingerprint density at radius 2 is 2.25 bits per heavy atom. The highest BCUT2D eigenvalue weighted by Gasteiger charge is 2.34. The molecule has 64 valence electrons. The summed E-state index contributed by atoms with van der Waals surface area (Å²) in [6, 6.07) is 0.159. The first-order valence-corrected chi connectivity index (χ1v) is 3.95. The smallest absolute Gasteiger partial charge is 0.272 e. The fourth-order valence-corrected chi connectivity index (χ4v) is 1.66. The summed E-state index contributed by atoms with van der Waals surface area (Å²) in [6.45, 7) is 3.92. The number of nitrogens with zero attached hydrogens (tertiary/aromatic N) is 2. The maximum atomic E-state index is 11.5. The third-order valence-electron chi connectivity index (χ3n) is 2.53. The van der Waals surface area contributed by atoms with Crippen LogP contribution >= 0.6 is 0 Å². The first kappa shape index (κ1) is 7.34. The molecular formula is C8H11N3O. The van der Waals surface area contributed by atoms with Gasteiger partial charge < -0.3 is 4.90 Å². The first-order valence-electron chi connectivity index (χ1n) is 3.95. The minimum atomic E-state index is 0.0399. The van der Waals surface area contributed by atoms with Crippen molar-refractivity contribution in [2.75, 3.05) is 7.05 Å². The van der Waals surface area contributed by atoms with Gasteiger partial charge in [0.2, 0.25) is 0 Å². The van der Waals surface area contributed by atoms with E-state index in [4.69, 9.17) is 0 Å². The summed E-state index contributed by atoms with van der Waals surface area (Å²) in [6.07, 6.45) is 0. The fourth-order valence-electron chi connectivity index (χ4n) is 1.66. The molecule has 0 saturated carbocycles. The molecule has 2 heterocycles. The van der Waals surface area contributed by atoms with E-state index in [1.54, 1.807) is 11.9 Å². The summed E-state index contributed by atoms with van der Waals surface area (Å²) >= 11 is 0. The molecule has 1 N–H and O–H groups in total. The van der Waals surface area contributed by atoms with Gasteiger partial charge in [-0.25, -0.2) is 0 Å². The van der Waals surface area contributed by atoms with Gasteiger partial charge in [0.05, 0.1) is 11.7 Å². The maximum Gasteiger partial charge on any atom is 0.272 e. The second-order valence-corrected chi connectivity index (χ2v) is 3.19. The number of hydrogen-bond acceptors (Lipinski definition) is 2. The Bertz CT molecular complexity index is 342. The third-order valence-corrected chi connectivity index (χ3v) is 2.53. The van der Waals surface area contributed by atoms with Gasteiger partial charge in [-0.15, -0.1) is 0 Å². The molecule has 1 unspecified atom stereocenters. The van der Waals surface area contributed by atoms with E-state index in [0.717, 1.165) is 11.3 Å². The molecule has 12 heavy (non-hydrogen) atoms. The molecule has 0 aromatic carbocycles. The number of H-pyrrole nitrogens is 1. The average molecular weight is 165 g/mol. The van der Waals surface area contributed by atoms with E-state index in [2.05, 4.69) is 10.2 Å².